The van der Waals surface area contributed by atoms with Crippen LogP contribution < -0.4 is 10.0 Å². The van der Waals surface area contributed by atoms with E-state index in [4.69, 9.17) is 0 Å². The van der Waals surface area contributed by atoms with Crippen LogP contribution in [0.4, 0.5) is 13.2 Å². The lowest BCUT2D eigenvalue weighted by Gasteiger charge is -2.26. The molecule has 35 heavy (non-hydrogen) atoms. The summed E-state index contributed by atoms with van der Waals surface area (Å²) in [7, 11) is -0.168. The highest BCUT2D eigenvalue weighted by atomic mass is 32.2. The van der Waals surface area contributed by atoms with Crippen molar-refractivity contribution in [2.45, 2.75) is 35.9 Å². The molecule has 3 atom stereocenters. The van der Waals surface area contributed by atoms with Gasteiger partial charge in [-0.25, -0.2) is 18.1 Å². The van der Waals surface area contributed by atoms with Gasteiger partial charge in [0.05, 0.1) is 11.9 Å². The third kappa shape index (κ3) is 5.60. The smallest absolute Gasteiger partial charge is 0.339 e. The monoisotopic (exact) mass is 506 g/mol. The van der Waals surface area contributed by atoms with Gasteiger partial charge in [-0.15, -0.1) is 0 Å². The van der Waals surface area contributed by atoms with Crippen LogP contribution in [0.1, 0.15) is 40.5 Å². The van der Waals surface area contributed by atoms with Crippen LogP contribution in [0.5, 0.6) is 0 Å². The Balaban J connectivity index is 1.56. The van der Waals surface area contributed by atoms with Crippen molar-refractivity contribution < 1.29 is 21.6 Å². The van der Waals surface area contributed by atoms with Crippen molar-refractivity contribution in [3.05, 3.63) is 83.3 Å². The Morgan fingerprint density at radius 3 is 2.40 bits per heavy atom. The molecule has 2 aromatic carbocycles. The van der Waals surface area contributed by atoms with E-state index in [1.807, 2.05) is 31.3 Å². The number of nitrogens with zero attached hydrogens (tertiary/aromatic N) is 2. The maximum Gasteiger partial charge on any atom is 0.416 e. The van der Waals surface area contributed by atoms with Crippen molar-refractivity contribution in [1.82, 2.24) is 19.6 Å². The average molecular weight is 507 g/mol. The van der Waals surface area contributed by atoms with E-state index in [1.165, 1.54) is 24.7 Å². The average Bonchev–Trinajstić information content (AvgIpc) is 3.37. The summed E-state index contributed by atoms with van der Waals surface area (Å²) >= 11 is 0. The quantitative estimate of drug-likeness (QED) is 0.459. The number of sulfonamides is 1. The fraction of sp³-hybridized carbons (Fsp3) is 0.400. The third-order valence-corrected chi connectivity index (χ3v) is 8.03. The number of alkyl halides is 3. The van der Waals surface area contributed by atoms with E-state index in [0.717, 1.165) is 17.2 Å². The van der Waals surface area contributed by atoms with Gasteiger partial charge in [-0.3, -0.25) is 0 Å². The predicted molar refractivity (Wildman–Crippen MR) is 128 cm³/mol. The minimum Gasteiger partial charge on any atom is -0.339 e. The number of benzene rings is 2. The molecule has 0 amide bonds. The number of fused-ring (bicyclic) bond motifs is 1. The maximum absolute atomic E-state index is 13.3. The molecule has 3 aromatic rings. The molecule has 10 heteroatoms. The molecule has 0 radical (unpaired) electrons. The molecule has 0 saturated carbocycles. The van der Waals surface area contributed by atoms with Gasteiger partial charge in [-0.1, -0.05) is 42.5 Å². The predicted octanol–water partition coefficient (Wildman–Crippen LogP) is 4.07. The molecule has 0 bridgehead atoms. The number of hydrogen-bond acceptors (Lipinski definition) is 4. The van der Waals surface area contributed by atoms with Crippen LogP contribution in [0.15, 0.2) is 66.1 Å². The number of hydrogen-bond donors (Lipinski definition) is 2. The molecule has 0 saturated heterocycles. The summed E-state index contributed by atoms with van der Waals surface area (Å²) < 4.78 is 69.2. The summed E-state index contributed by atoms with van der Waals surface area (Å²) in [5.41, 5.74) is 2.23. The van der Waals surface area contributed by atoms with Gasteiger partial charge in [-0.05, 0) is 66.9 Å². The molecule has 188 valence electrons. The normalized spacial score (nSPS) is 20.2. The summed E-state index contributed by atoms with van der Waals surface area (Å²) in [6.45, 7) is 0.893. The summed E-state index contributed by atoms with van der Waals surface area (Å²) in [4.78, 5) is 3.92. The van der Waals surface area contributed by atoms with Crippen molar-refractivity contribution in [3.63, 3.8) is 0 Å². The third-order valence-electron chi connectivity index (χ3n) is 6.68. The molecule has 3 unspecified atom stereocenters. The Kier molecular flexibility index (Phi) is 7.35. The molecular weight excluding hydrogens is 477 g/mol. The zero-order valence-corrected chi connectivity index (χ0v) is 20.4. The zero-order valence-electron chi connectivity index (χ0n) is 19.6. The highest BCUT2D eigenvalue weighted by molar-refractivity contribution is 7.89. The minimum absolute atomic E-state index is 0.0135. The Morgan fingerprint density at radius 2 is 1.77 bits per heavy atom. The first-order valence-electron chi connectivity index (χ1n) is 11.5. The Hall–Kier alpha value is -2.69. The Bertz CT molecular complexity index is 1270. The number of halogens is 3. The molecular formula is C25H29F3N4O2S. The first-order valence-corrected chi connectivity index (χ1v) is 13.0. The van der Waals surface area contributed by atoms with Crippen LogP contribution in [0.3, 0.4) is 0 Å². The Morgan fingerprint density at radius 1 is 1.06 bits per heavy atom. The summed E-state index contributed by atoms with van der Waals surface area (Å²) in [5, 5.41) is 3.20. The van der Waals surface area contributed by atoms with Crippen LogP contribution in [0, 0.1) is 5.92 Å². The second-order valence-corrected chi connectivity index (χ2v) is 10.7. The summed E-state index contributed by atoms with van der Waals surface area (Å²) in [6, 6.07) is 13.5. The van der Waals surface area contributed by atoms with Gasteiger partial charge in [0.15, 0.2) is 5.03 Å². The molecule has 2 N–H and O–H groups in total. The van der Waals surface area contributed by atoms with Gasteiger partial charge >= 0.3 is 6.18 Å². The fourth-order valence-corrected chi connectivity index (χ4v) is 6.18. The largest absolute Gasteiger partial charge is 0.416 e. The van der Waals surface area contributed by atoms with Gasteiger partial charge in [-0.2, -0.15) is 13.2 Å². The van der Waals surface area contributed by atoms with E-state index in [2.05, 4.69) is 15.0 Å². The number of imidazole rings is 1. The molecule has 1 aliphatic carbocycles. The van der Waals surface area contributed by atoms with E-state index >= 15 is 0 Å². The highest BCUT2D eigenvalue weighted by Gasteiger charge is 2.40. The van der Waals surface area contributed by atoms with Gasteiger partial charge in [0.25, 0.3) is 10.0 Å². The number of aromatic nitrogens is 2. The van der Waals surface area contributed by atoms with E-state index in [0.29, 0.717) is 24.9 Å². The van der Waals surface area contributed by atoms with Crippen LogP contribution in [-0.2, 0) is 29.7 Å². The van der Waals surface area contributed by atoms with E-state index in [1.54, 1.807) is 17.7 Å². The lowest BCUT2D eigenvalue weighted by molar-refractivity contribution is -0.137. The minimum atomic E-state index is -4.39. The maximum atomic E-state index is 13.3. The Labute approximate surface area is 203 Å². The number of rotatable bonds is 9. The second kappa shape index (κ2) is 10.1. The van der Waals surface area contributed by atoms with E-state index < -0.39 is 21.8 Å². The zero-order chi connectivity index (χ0) is 25.2. The lowest BCUT2D eigenvalue weighted by Crippen LogP contribution is -2.30. The van der Waals surface area contributed by atoms with Crippen molar-refractivity contribution >= 4 is 10.0 Å². The molecule has 0 aliphatic heterocycles. The van der Waals surface area contributed by atoms with Crippen molar-refractivity contribution in [1.29, 1.82) is 0 Å². The van der Waals surface area contributed by atoms with Crippen LogP contribution in [0.2, 0.25) is 0 Å². The van der Waals surface area contributed by atoms with Crippen molar-refractivity contribution in [3.8, 4) is 0 Å². The van der Waals surface area contributed by atoms with Gasteiger partial charge in [0.1, 0.15) is 0 Å². The summed E-state index contributed by atoms with van der Waals surface area (Å²) in [5.74, 6) is 0.173. The van der Waals surface area contributed by atoms with Gasteiger partial charge in [0, 0.05) is 19.8 Å². The van der Waals surface area contributed by atoms with E-state index in [-0.39, 0.29) is 29.3 Å². The molecule has 0 spiro atoms. The molecule has 1 aromatic heterocycles. The number of aryl methyl sites for hydroxylation is 1. The van der Waals surface area contributed by atoms with Gasteiger partial charge in [0.2, 0.25) is 0 Å². The molecule has 6 nitrogen and oxygen atoms in total. The highest BCUT2D eigenvalue weighted by Crippen LogP contribution is 2.49. The first kappa shape index (κ1) is 25.4. The molecule has 1 aliphatic rings. The van der Waals surface area contributed by atoms with E-state index in [9.17, 15) is 21.6 Å². The van der Waals surface area contributed by atoms with Crippen LogP contribution in [-0.4, -0.2) is 38.1 Å². The van der Waals surface area contributed by atoms with Crippen molar-refractivity contribution in [2.24, 2.45) is 13.0 Å². The fourth-order valence-electron chi connectivity index (χ4n) is 5.16. The SMILES string of the molecule is CNCC1C(CCNS(=O)(=O)c2cn(C)cn2)c2ccccc2C1Cc1cccc(C(F)(F)F)c1. The van der Waals surface area contributed by atoms with Crippen LogP contribution in [0.25, 0.3) is 0 Å². The lowest BCUT2D eigenvalue weighted by atomic mass is 9.81. The standard InChI is InChI=1S/C25H29F3N4O2S/c1-29-14-23-21(10-11-31-35(33,34)24-15-32(2)16-30-24)19-8-3-4-9-20(19)22(23)13-17-6-5-7-18(12-17)25(26,27)28/h3-9,12,15-16,21-23,29,31H,10-11,13-14H2,1-2H3. The molecule has 4 rings (SSSR count). The van der Waals surface area contributed by atoms with Gasteiger partial charge < -0.3 is 9.88 Å². The molecule has 1 heterocycles. The topological polar surface area (TPSA) is 76.0 Å². The van der Waals surface area contributed by atoms with Crippen LogP contribution >= 0.6 is 0 Å². The molecule has 0 fully saturated rings. The van der Waals surface area contributed by atoms with Crippen molar-refractivity contribution in [2.75, 3.05) is 20.1 Å². The second-order valence-electron chi connectivity index (χ2n) is 9.03. The summed E-state index contributed by atoms with van der Waals surface area (Å²) in [6.07, 6.45) is -0.468. The first-order chi connectivity index (χ1) is 16.6. The number of nitrogens with one attached hydrogen (secondary N) is 2.